The summed E-state index contributed by atoms with van der Waals surface area (Å²) in [6.45, 7) is 1.37. The minimum atomic E-state index is -0.666. The lowest BCUT2D eigenvalue weighted by Gasteiger charge is -2.21. The second-order valence-corrected chi connectivity index (χ2v) is 3.48. The van der Waals surface area contributed by atoms with E-state index in [1.54, 1.807) is 6.07 Å². The molecule has 2 rings (SSSR count). The molecular formula is C11H15NO4. The highest BCUT2D eigenvalue weighted by molar-refractivity contribution is 5.51. The fourth-order valence-corrected chi connectivity index (χ4v) is 1.41. The van der Waals surface area contributed by atoms with Gasteiger partial charge < -0.3 is 25.1 Å². The van der Waals surface area contributed by atoms with Crippen molar-refractivity contribution in [3.8, 4) is 17.2 Å². The van der Waals surface area contributed by atoms with E-state index < -0.39 is 6.10 Å². The molecule has 1 heterocycles. The van der Waals surface area contributed by atoms with Crippen molar-refractivity contribution in [1.82, 2.24) is 0 Å². The summed E-state index contributed by atoms with van der Waals surface area (Å²) in [5.74, 6) is 1.84. The van der Waals surface area contributed by atoms with E-state index in [2.05, 4.69) is 0 Å². The number of para-hydroxylation sites is 1. The quantitative estimate of drug-likeness (QED) is 0.763. The van der Waals surface area contributed by atoms with Crippen LogP contribution in [0.2, 0.25) is 0 Å². The fraction of sp³-hybridized carbons (Fsp3) is 0.455. The molecule has 1 aliphatic heterocycles. The number of aliphatic hydroxyl groups is 1. The first kappa shape index (κ1) is 11.0. The molecular weight excluding hydrogens is 210 g/mol. The molecule has 88 valence electrons. The average molecular weight is 225 g/mol. The molecule has 0 aromatic heterocycles. The Hall–Kier alpha value is -1.46. The molecule has 3 N–H and O–H groups in total. The molecule has 1 atom stereocenters. The molecule has 1 aromatic carbocycles. The van der Waals surface area contributed by atoms with Crippen molar-refractivity contribution >= 4 is 0 Å². The largest absolute Gasteiger partial charge is 0.487 e. The third kappa shape index (κ3) is 2.37. The molecule has 0 saturated heterocycles. The van der Waals surface area contributed by atoms with Crippen LogP contribution in [0.1, 0.15) is 0 Å². The normalized spacial score (nSPS) is 15.6. The Balaban J connectivity index is 2.08. The zero-order valence-electron chi connectivity index (χ0n) is 8.89. The Kier molecular flexibility index (Phi) is 3.48. The van der Waals surface area contributed by atoms with Gasteiger partial charge in [0.1, 0.15) is 25.9 Å². The van der Waals surface area contributed by atoms with Crippen LogP contribution in [-0.4, -0.2) is 37.6 Å². The molecule has 0 spiro atoms. The summed E-state index contributed by atoms with van der Waals surface area (Å²) in [6, 6.07) is 5.41. The Morgan fingerprint density at radius 3 is 3.00 bits per heavy atom. The minimum absolute atomic E-state index is 0.149. The summed E-state index contributed by atoms with van der Waals surface area (Å²) in [6.07, 6.45) is -0.666. The van der Waals surface area contributed by atoms with Crippen LogP contribution in [0.25, 0.3) is 0 Å². The summed E-state index contributed by atoms with van der Waals surface area (Å²) >= 11 is 0. The first-order chi connectivity index (χ1) is 7.81. The first-order valence-corrected chi connectivity index (χ1v) is 5.21. The van der Waals surface area contributed by atoms with Crippen molar-refractivity contribution in [3.05, 3.63) is 18.2 Å². The maximum Gasteiger partial charge on any atom is 0.203 e. The van der Waals surface area contributed by atoms with Gasteiger partial charge in [-0.05, 0) is 12.1 Å². The maximum absolute atomic E-state index is 9.30. The molecule has 0 aliphatic carbocycles. The van der Waals surface area contributed by atoms with Crippen LogP contribution in [0, 0.1) is 0 Å². The van der Waals surface area contributed by atoms with Gasteiger partial charge in [-0.3, -0.25) is 0 Å². The molecule has 0 amide bonds. The van der Waals surface area contributed by atoms with Crippen molar-refractivity contribution < 1.29 is 19.3 Å². The highest BCUT2D eigenvalue weighted by Crippen LogP contribution is 2.38. The van der Waals surface area contributed by atoms with E-state index in [4.69, 9.17) is 19.9 Å². The highest BCUT2D eigenvalue weighted by Gasteiger charge is 2.17. The van der Waals surface area contributed by atoms with Crippen molar-refractivity contribution in [2.24, 2.45) is 5.73 Å². The molecule has 1 unspecified atom stereocenters. The van der Waals surface area contributed by atoms with Crippen LogP contribution in [-0.2, 0) is 0 Å². The molecule has 0 bridgehead atoms. The lowest BCUT2D eigenvalue weighted by Crippen LogP contribution is -2.27. The Morgan fingerprint density at radius 1 is 1.38 bits per heavy atom. The van der Waals surface area contributed by atoms with Gasteiger partial charge in [0, 0.05) is 6.54 Å². The topological polar surface area (TPSA) is 73.9 Å². The van der Waals surface area contributed by atoms with Gasteiger partial charge in [-0.1, -0.05) is 6.07 Å². The summed E-state index contributed by atoms with van der Waals surface area (Å²) < 4.78 is 16.3. The Labute approximate surface area is 93.7 Å². The van der Waals surface area contributed by atoms with Crippen LogP contribution in [0.4, 0.5) is 0 Å². The van der Waals surface area contributed by atoms with Crippen molar-refractivity contribution in [1.29, 1.82) is 0 Å². The molecule has 5 nitrogen and oxygen atoms in total. The van der Waals surface area contributed by atoms with E-state index in [1.165, 1.54) is 0 Å². The monoisotopic (exact) mass is 225 g/mol. The number of rotatable bonds is 4. The summed E-state index contributed by atoms with van der Waals surface area (Å²) in [5.41, 5.74) is 5.29. The van der Waals surface area contributed by atoms with E-state index in [9.17, 15) is 5.11 Å². The SMILES string of the molecule is NCC(O)COc1cccc2c1OCCO2. The van der Waals surface area contributed by atoms with E-state index in [0.717, 1.165) is 0 Å². The summed E-state index contributed by atoms with van der Waals surface area (Å²) in [5, 5.41) is 9.30. The number of benzene rings is 1. The third-order valence-corrected chi connectivity index (χ3v) is 2.23. The fourth-order valence-electron chi connectivity index (χ4n) is 1.41. The zero-order chi connectivity index (χ0) is 11.4. The lowest BCUT2D eigenvalue weighted by atomic mass is 10.3. The maximum atomic E-state index is 9.30. The lowest BCUT2D eigenvalue weighted by molar-refractivity contribution is 0.107. The van der Waals surface area contributed by atoms with Crippen LogP contribution >= 0.6 is 0 Å². The predicted octanol–water partition coefficient (Wildman–Crippen LogP) is 0.156. The van der Waals surface area contributed by atoms with Gasteiger partial charge in [0.05, 0.1) is 0 Å². The highest BCUT2D eigenvalue weighted by atomic mass is 16.6. The summed E-state index contributed by atoms with van der Waals surface area (Å²) in [7, 11) is 0. The van der Waals surface area contributed by atoms with E-state index >= 15 is 0 Å². The number of hydrogen-bond donors (Lipinski definition) is 2. The second kappa shape index (κ2) is 5.05. The zero-order valence-corrected chi connectivity index (χ0v) is 8.89. The first-order valence-electron chi connectivity index (χ1n) is 5.21. The smallest absolute Gasteiger partial charge is 0.203 e. The van der Waals surface area contributed by atoms with Crippen molar-refractivity contribution in [3.63, 3.8) is 0 Å². The number of ether oxygens (including phenoxy) is 3. The van der Waals surface area contributed by atoms with E-state index in [-0.39, 0.29) is 13.2 Å². The average Bonchev–Trinajstić information content (AvgIpc) is 2.35. The Bertz CT molecular complexity index is 356. The minimum Gasteiger partial charge on any atom is -0.487 e. The second-order valence-electron chi connectivity index (χ2n) is 3.48. The van der Waals surface area contributed by atoms with Crippen LogP contribution in [0.15, 0.2) is 18.2 Å². The van der Waals surface area contributed by atoms with Crippen LogP contribution in [0.3, 0.4) is 0 Å². The molecule has 1 aromatic rings. The summed E-state index contributed by atoms with van der Waals surface area (Å²) in [4.78, 5) is 0. The van der Waals surface area contributed by atoms with Crippen molar-refractivity contribution in [2.45, 2.75) is 6.10 Å². The van der Waals surface area contributed by atoms with Gasteiger partial charge in [0.25, 0.3) is 0 Å². The van der Waals surface area contributed by atoms with Crippen molar-refractivity contribution in [2.75, 3.05) is 26.4 Å². The van der Waals surface area contributed by atoms with Gasteiger partial charge >= 0.3 is 0 Å². The van der Waals surface area contributed by atoms with Gasteiger partial charge in [-0.15, -0.1) is 0 Å². The molecule has 1 aliphatic rings. The Morgan fingerprint density at radius 2 is 2.19 bits per heavy atom. The third-order valence-electron chi connectivity index (χ3n) is 2.23. The molecule has 0 radical (unpaired) electrons. The number of nitrogens with two attached hydrogens (primary N) is 1. The number of hydrogen-bond acceptors (Lipinski definition) is 5. The molecule has 16 heavy (non-hydrogen) atoms. The van der Waals surface area contributed by atoms with Gasteiger partial charge in [-0.2, -0.15) is 0 Å². The predicted molar refractivity (Wildman–Crippen MR) is 58.0 cm³/mol. The number of fused-ring (bicyclic) bond motifs is 1. The van der Waals surface area contributed by atoms with E-state index in [1.807, 2.05) is 12.1 Å². The van der Waals surface area contributed by atoms with Gasteiger partial charge in [0.2, 0.25) is 5.75 Å². The van der Waals surface area contributed by atoms with E-state index in [0.29, 0.717) is 30.5 Å². The molecule has 0 saturated carbocycles. The van der Waals surface area contributed by atoms with Crippen LogP contribution in [0.5, 0.6) is 17.2 Å². The van der Waals surface area contributed by atoms with Gasteiger partial charge in [-0.25, -0.2) is 0 Å². The van der Waals surface area contributed by atoms with Gasteiger partial charge in [0.15, 0.2) is 11.5 Å². The molecule has 5 heteroatoms. The molecule has 0 fully saturated rings. The number of aliphatic hydroxyl groups excluding tert-OH is 1. The standard InChI is InChI=1S/C11H15NO4/c12-6-8(13)7-16-10-3-1-2-9-11(10)15-5-4-14-9/h1-3,8,13H,4-7,12H2. The van der Waals surface area contributed by atoms with Crippen LogP contribution < -0.4 is 19.9 Å².